The molecule has 1 aliphatic rings. The largest absolute Gasteiger partial charge is 0.497 e. The maximum Gasteiger partial charge on any atom is 0.190 e. The molecule has 1 aliphatic heterocycles. The molecule has 4 nitrogen and oxygen atoms in total. The number of anilines is 1. The van der Waals surface area contributed by atoms with Gasteiger partial charge in [-0.25, -0.2) is 5.01 Å². The van der Waals surface area contributed by atoms with Crippen LogP contribution in [0.4, 0.5) is 5.69 Å². The maximum absolute atomic E-state index is 5.96. The molecule has 0 aliphatic carbocycles. The molecule has 1 fully saturated rings. The highest BCUT2D eigenvalue weighted by Crippen LogP contribution is 2.28. The zero-order chi connectivity index (χ0) is 15.7. The van der Waals surface area contributed by atoms with Gasteiger partial charge in [-0.15, -0.1) is 0 Å². The fourth-order valence-corrected chi connectivity index (χ4v) is 2.89. The summed E-state index contributed by atoms with van der Waals surface area (Å²) in [5.74, 6) is 0.808. The molecule has 1 saturated heterocycles. The Morgan fingerprint density at radius 1 is 1.09 bits per heavy atom. The van der Waals surface area contributed by atoms with Crippen LogP contribution in [0.5, 0.6) is 5.75 Å². The minimum Gasteiger partial charge on any atom is -0.497 e. The van der Waals surface area contributed by atoms with E-state index in [1.807, 2.05) is 60.5 Å². The fraction of sp³-hybridized carbons (Fsp3) is 0.188. The number of nitrogens with zero attached hydrogens (tertiary/aromatic N) is 1. The summed E-state index contributed by atoms with van der Waals surface area (Å²) >= 11 is 11.4. The summed E-state index contributed by atoms with van der Waals surface area (Å²) in [5.41, 5.74) is 4.91. The van der Waals surface area contributed by atoms with Crippen LogP contribution in [0.2, 0.25) is 5.02 Å². The second-order valence-electron chi connectivity index (χ2n) is 5.21. The maximum atomic E-state index is 5.96. The highest BCUT2D eigenvalue weighted by molar-refractivity contribution is 7.80. The minimum absolute atomic E-state index is 0.485. The number of halogens is 1. The number of hydrazine groups is 1. The molecular weight excluding hydrogens is 318 g/mol. The topological polar surface area (TPSA) is 36.5 Å². The van der Waals surface area contributed by atoms with Crippen molar-refractivity contribution < 1.29 is 4.74 Å². The van der Waals surface area contributed by atoms with Gasteiger partial charge in [-0.3, -0.25) is 0 Å². The van der Waals surface area contributed by atoms with Crippen LogP contribution in [0, 0.1) is 0 Å². The molecule has 0 saturated carbocycles. The quantitative estimate of drug-likeness (QED) is 0.842. The van der Waals surface area contributed by atoms with E-state index in [0.29, 0.717) is 10.1 Å². The van der Waals surface area contributed by atoms with E-state index in [1.54, 1.807) is 7.11 Å². The molecule has 22 heavy (non-hydrogen) atoms. The fourth-order valence-electron chi connectivity index (χ4n) is 2.41. The number of thiocarbonyl (C=S) groups is 1. The van der Waals surface area contributed by atoms with E-state index >= 15 is 0 Å². The van der Waals surface area contributed by atoms with Crippen molar-refractivity contribution in [2.45, 2.75) is 12.6 Å². The average Bonchev–Trinajstić information content (AvgIpc) is 2.84. The number of hydrogen-bond donors (Lipinski definition) is 2. The van der Waals surface area contributed by atoms with Gasteiger partial charge in [0.25, 0.3) is 0 Å². The molecule has 1 atom stereocenters. The predicted molar refractivity (Wildman–Crippen MR) is 93.1 cm³/mol. The Labute approximate surface area is 140 Å². The lowest BCUT2D eigenvalue weighted by molar-refractivity contribution is 0.389. The Kier molecular flexibility index (Phi) is 3.95. The first-order valence-corrected chi connectivity index (χ1v) is 7.61. The van der Waals surface area contributed by atoms with Gasteiger partial charge >= 0.3 is 0 Å². The number of hydrogen-bond acceptors (Lipinski definition) is 3. The molecule has 2 N–H and O–H groups in total. The number of benzene rings is 2. The molecule has 0 bridgehead atoms. The second-order valence-corrected chi connectivity index (χ2v) is 6.03. The van der Waals surface area contributed by atoms with Crippen LogP contribution < -0.4 is 20.5 Å². The molecule has 6 heteroatoms. The molecule has 2 aromatic rings. The third-order valence-corrected chi connectivity index (χ3v) is 4.18. The Hall–Kier alpha value is -1.82. The Balaban J connectivity index is 1.86. The second kappa shape index (κ2) is 5.76. The molecule has 3 rings (SSSR count). The van der Waals surface area contributed by atoms with Crippen LogP contribution in [0.15, 0.2) is 48.5 Å². The predicted octanol–water partition coefficient (Wildman–Crippen LogP) is 3.42. The van der Waals surface area contributed by atoms with Crippen LogP contribution in [0.1, 0.15) is 12.5 Å². The zero-order valence-electron chi connectivity index (χ0n) is 12.3. The standard InChI is InChI=1S/C16H16ClN3OS/c1-16(11-3-5-12(17)6-4-11)18-15(22)20(19-16)13-7-9-14(21-2)10-8-13/h3-10,19H,1-2H3,(H,18,22)/t16-/m0/s1. The lowest BCUT2D eigenvalue weighted by Crippen LogP contribution is -2.45. The van der Waals surface area contributed by atoms with Gasteiger partial charge in [0.2, 0.25) is 0 Å². The molecular formula is C16H16ClN3OS. The van der Waals surface area contributed by atoms with Crippen LogP contribution in [-0.2, 0) is 5.66 Å². The first-order valence-electron chi connectivity index (χ1n) is 6.82. The van der Waals surface area contributed by atoms with Gasteiger partial charge in [0, 0.05) is 5.02 Å². The minimum atomic E-state index is -0.485. The van der Waals surface area contributed by atoms with Crippen molar-refractivity contribution in [2.24, 2.45) is 0 Å². The average molecular weight is 334 g/mol. The molecule has 0 radical (unpaired) electrons. The summed E-state index contributed by atoms with van der Waals surface area (Å²) in [6, 6.07) is 15.4. The van der Waals surface area contributed by atoms with E-state index in [9.17, 15) is 0 Å². The van der Waals surface area contributed by atoms with Gasteiger partial charge in [-0.2, -0.15) is 5.43 Å². The number of methoxy groups -OCH3 is 1. The highest BCUT2D eigenvalue weighted by atomic mass is 35.5. The molecule has 2 aromatic carbocycles. The molecule has 0 spiro atoms. The summed E-state index contributed by atoms with van der Waals surface area (Å²) in [4.78, 5) is 0. The molecule has 0 amide bonds. The smallest absolute Gasteiger partial charge is 0.190 e. The molecule has 114 valence electrons. The van der Waals surface area contributed by atoms with Gasteiger partial charge in [0.15, 0.2) is 5.11 Å². The first kappa shape index (κ1) is 15.1. The van der Waals surface area contributed by atoms with Gasteiger partial charge in [0.05, 0.1) is 12.8 Å². The third kappa shape index (κ3) is 2.75. The van der Waals surface area contributed by atoms with E-state index in [2.05, 4.69) is 10.7 Å². The lowest BCUT2D eigenvalue weighted by Gasteiger charge is -2.26. The Morgan fingerprint density at radius 2 is 1.73 bits per heavy atom. The summed E-state index contributed by atoms with van der Waals surface area (Å²) in [5, 5.41) is 6.49. The van der Waals surface area contributed by atoms with Crippen LogP contribution in [0.3, 0.4) is 0 Å². The van der Waals surface area contributed by atoms with Gasteiger partial charge < -0.3 is 10.1 Å². The van der Waals surface area contributed by atoms with E-state index in [-0.39, 0.29) is 0 Å². The highest BCUT2D eigenvalue weighted by Gasteiger charge is 2.38. The Morgan fingerprint density at radius 3 is 2.32 bits per heavy atom. The Bertz CT molecular complexity index is 690. The normalized spacial score (nSPS) is 20.9. The van der Waals surface area contributed by atoms with Crippen LogP contribution >= 0.6 is 23.8 Å². The van der Waals surface area contributed by atoms with Crippen molar-refractivity contribution in [3.63, 3.8) is 0 Å². The van der Waals surface area contributed by atoms with Crippen molar-refractivity contribution in [1.82, 2.24) is 10.7 Å². The lowest BCUT2D eigenvalue weighted by atomic mass is 10.0. The third-order valence-electron chi connectivity index (χ3n) is 3.65. The van der Waals surface area contributed by atoms with Gasteiger partial charge in [-0.1, -0.05) is 23.7 Å². The summed E-state index contributed by atoms with van der Waals surface area (Å²) in [6.45, 7) is 2.03. The summed E-state index contributed by atoms with van der Waals surface area (Å²) < 4.78 is 5.18. The van der Waals surface area contributed by atoms with E-state index in [1.165, 1.54) is 0 Å². The number of ether oxygens (including phenoxy) is 1. The van der Waals surface area contributed by atoms with Crippen molar-refractivity contribution >= 4 is 34.6 Å². The van der Waals surface area contributed by atoms with Crippen molar-refractivity contribution in [2.75, 3.05) is 12.1 Å². The SMILES string of the molecule is COc1ccc(N2N[C@@](C)(c3ccc(Cl)cc3)NC2=S)cc1. The zero-order valence-corrected chi connectivity index (χ0v) is 13.8. The number of rotatable bonds is 3. The van der Waals surface area contributed by atoms with Crippen molar-refractivity contribution in [1.29, 1.82) is 0 Å². The van der Waals surface area contributed by atoms with Crippen LogP contribution in [-0.4, -0.2) is 12.2 Å². The molecule has 0 aromatic heterocycles. The first-order chi connectivity index (χ1) is 10.5. The van der Waals surface area contributed by atoms with Crippen molar-refractivity contribution in [3.05, 3.63) is 59.1 Å². The summed E-state index contributed by atoms with van der Waals surface area (Å²) in [7, 11) is 1.65. The van der Waals surface area contributed by atoms with Gasteiger partial charge in [0.1, 0.15) is 11.4 Å². The number of nitrogens with one attached hydrogen (secondary N) is 2. The van der Waals surface area contributed by atoms with E-state index < -0.39 is 5.66 Å². The molecule has 1 heterocycles. The van der Waals surface area contributed by atoms with Gasteiger partial charge in [-0.05, 0) is 61.1 Å². The molecule has 0 unspecified atom stereocenters. The summed E-state index contributed by atoms with van der Waals surface area (Å²) in [6.07, 6.45) is 0. The van der Waals surface area contributed by atoms with E-state index in [4.69, 9.17) is 28.6 Å². The van der Waals surface area contributed by atoms with E-state index in [0.717, 1.165) is 17.0 Å². The van der Waals surface area contributed by atoms with Crippen molar-refractivity contribution in [3.8, 4) is 5.75 Å². The van der Waals surface area contributed by atoms with Crippen LogP contribution in [0.25, 0.3) is 0 Å². The monoisotopic (exact) mass is 333 g/mol.